The number of benzene rings is 2. The molecule has 0 unspecified atom stereocenters. The number of aryl methyl sites for hydroxylation is 1. The van der Waals surface area contributed by atoms with Crippen LogP contribution in [-0.4, -0.2) is 49.8 Å². The van der Waals surface area contributed by atoms with Crippen molar-refractivity contribution in [1.29, 1.82) is 0 Å². The summed E-state index contributed by atoms with van der Waals surface area (Å²) in [5.41, 5.74) is 4.48. The van der Waals surface area contributed by atoms with Crippen molar-refractivity contribution in [3.05, 3.63) is 59.7 Å². The molecule has 0 aliphatic carbocycles. The fourth-order valence-electron chi connectivity index (χ4n) is 2.58. The van der Waals surface area contributed by atoms with Gasteiger partial charge in [0.15, 0.2) is 6.61 Å². The first-order valence-electron chi connectivity index (χ1n) is 10.7. The summed E-state index contributed by atoms with van der Waals surface area (Å²) in [6.07, 6.45) is 2.06. The molecule has 176 valence electrons. The van der Waals surface area contributed by atoms with Crippen LogP contribution in [0.4, 0.5) is 5.69 Å². The van der Waals surface area contributed by atoms with Crippen LogP contribution in [0.25, 0.3) is 0 Å². The molecule has 0 bridgehead atoms. The van der Waals surface area contributed by atoms with E-state index in [4.69, 9.17) is 9.47 Å². The third-order valence-electron chi connectivity index (χ3n) is 4.25. The summed E-state index contributed by atoms with van der Waals surface area (Å²) in [7, 11) is 0. The van der Waals surface area contributed by atoms with E-state index in [9.17, 15) is 14.4 Å². The van der Waals surface area contributed by atoms with E-state index in [1.165, 1.54) is 6.21 Å². The average molecular weight is 455 g/mol. The zero-order chi connectivity index (χ0) is 24.1. The number of hydrogen-bond donors (Lipinski definition) is 3. The van der Waals surface area contributed by atoms with Gasteiger partial charge < -0.3 is 20.1 Å². The molecule has 0 aromatic heterocycles. The third kappa shape index (κ3) is 9.96. The molecule has 9 heteroatoms. The highest BCUT2D eigenvalue weighted by molar-refractivity contribution is 6.35. The minimum atomic E-state index is -0.882. The van der Waals surface area contributed by atoms with E-state index in [1.54, 1.807) is 24.3 Å². The van der Waals surface area contributed by atoms with Gasteiger partial charge in [-0.05, 0) is 51.5 Å². The lowest BCUT2D eigenvalue weighted by atomic mass is 10.2. The highest BCUT2D eigenvalue weighted by Crippen LogP contribution is 2.16. The van der Waals surface area contributed by atoms with Crippen molar-refractivity contribution in [2.45, 2.75) is 33.3 Å². The van der Waals surface area contributed by atoms with Crippen LogP contribution in [-0.2, 0) is 19.1 Å². The molecule has 0 spiro atoms. The second-order valence-electron chi connectivity index (χ2n) is 7.47. The number of nitrogens with zero attached hydrogens (tertiary/aromatic N) is 1. The molecule has 9 nitrogen and oxygen atoms in total. The summed E-state index contributed by atoms with van der Waals surface area (Å²) in [4.78, 5) is 35.8. The quantitative estimate of drug-likeness (QED) is 0.209. The molecule has 2 aromatic rings. The van der Waals surface area contributed by atoms with Gasteiger partial charge in [0.1, 0.15) is 5.75 Å². The van der Waals surface area contributed by atoms with Crippen LogP contribution < -0.4 is 20.8 Å². The number of carbonyl (C=O) groups excluding carboxylic acids is 3. The molecular weight excluding hydrogens is 424 g/mol. The Kier molecular flexibility index (Phi) is 10.6. The molecule has 2 aromatic carbocycles. The maximum atomic E-state index is 12.1. The van der Waals surface area contributed by atoms with Gasteiger partial charge >= 0.3 is 11.8 Å². The molecule has 0 radical (unpaired) electrons. The van der Waals surface area contributed by atoms with Gasteiger partial charge in [-0.1, -0.05) is 29.8 Å². The number of hydrazone groups is 1. The molecular formula is C24H30N4O5. The van der Waals surface area contributed by atoms with Crippen molar-refractivity contribution in [2.24, 2.45) is 5.10 Å². The molecule has 0 heterocycles. The Morgan fingerprint density at radius 3 is 2.48 bits per heavy atom. The SMILES string of the molecule is Cc1ccc(NC(=O)COc2ccccc2/C=N\NC(=O)C(=O)NCCCOC(C)C)cc1. The van der Waals surface area contributed by atoms with Gasteiger partial charge in [0.2, 0.25) is 0 Å². The van der Waals surface area contributed by atoms with E-state index in [1.807, 2.05) is 45.0 Å². The lowest BCUT2D eigenvalue weighted by Crippen LogP contribution is -2.38. The summed E-state index contributed by atoms with van der Waals surface area (Å²) in [6, 6.07) is 14.3. The molecule has 0 aliphatic rings. The molecule has 3 N–H and O–H groups in total. The predicted molar refractivity (Wildman–Crippen MR) is 126 cm³/mol. The second-order valence-corrected chi connectivity index (χ2v) is 7.47. The summed E-state index contributed by atoms with van der Waals surface area (Å²) in [5, 5.41) is 9.05. The molecule has 0 atom stereocenters. The van der Waals surface area contributed by atoms with E-state index in [0.717, 1.165) is 5.56 Å². The first-order valence-corrected chi connectivity index (χ1v) is 10.7. The van der Waals surface area contributed by atoms with Crippen molar-refractivity contribution < 1.29 is 23.9 Å². The number of carbonyl (C=O) groups is 3. The molecule has 2 rings (SSSR count). The number of rotatable bonds is 11. The molecule has 0 saturated carbocycles. The number of amides is 3. The van der Waals surface area contributed by atoms with E-state index in [-0.39, 0.29) is 18.6 Å². The first-order chi connectivity index (χ1) is 15.8. The van der Waals surface area contributed by atoms with Crippen LogP contribution in [0, 0.1) is 6.92 Å². The summed E-state index contributed by atoms with van der Waals surface area (Å²) < 4.78 is 11.0. The third-order valence-corrected chi connectivity index (χ3v) is 4.25. The Hall–Kier alpha value is -3.72. The number of nitrogens with one attached hydrogen (secondary N) is 3. The van der Waals surface area contributed by atoms with Crippen LogP contribution in [0.1, 0.15) is 31.4 Å². The van der Waals surface area contributed by atoms with Crippen molar-refractivity contribution in [1.82, 2.24) is 10.7 Å². The zero-order valence-electron chi connectivity index (χ0n) is 19.1. The minimum absolute atomic E-state index is 0.118. The Bertz CT molecular complexity index is 958. The van der Waals surface area contributed by atoms with Gasteiger partial charge in [0, 0.05) is 24.4 Å². The second kappa shape index (κ2) is 13.6. The van der Waals surface area contributed by atoms with E-state index < -0.39 is 11.8 Å². The lowest BCUT2D eigenvalue weighted by Gasteiger charge is -2.10. The highest BCUT2D eigenvalue weighted by Gasteiger charge is 2.12. The van der Waals surface area contributed by atoms with Crippen molar-refractivity contribution in [2.75, 3.05) is 25.1 Å². The van der Waals surface area contributed by atoms with Crippen LogP contribution in [0.15, 0.2) is 53.6 Å². The van der Waals surface area contributed by atoms with Crippen LogP contribution >= 0.6 is 0 Å². The van der Waals surface area contributed by atoms with Gasteiger partial charge in [0.25, 0.3) is 5.91 Å². The Balaban J connectivity index is 1.79. The number of ether oxygens (including phenoxy) is 2. The molecule has 33 heavy (non-hydrogen) atoms. The van der Waals surface area contributed by atoms with Crippen molar-refractivity contribution >= 4 is 29.6 Å². The van der Waals surface area contributed by atoms with Gasteiger partial charge in [0.05, 0.1) is 12.3 Å². The topological polar surface area (TPSA) is 118 Å². The highest BCUT2D eigenvalue weighted by atomic mass is 16.5. The lowest BCUT2D eigenvalue weighted by molar-refractivity contribution is -0.139. The van der Waals surface area contributed by atoms with Crippen LogP contribution in [0.3, 0.4) is 0 Å². The normalized spacial score (nSPS) is 10.8. The zero-order valence-corrected chi connectivity index (χ0v) is 19.1. The monoisotopic (exact) mass is 454 g/mol. The molecule has 0 aliphatic heterocycles. The molecule has 0 saturated heterocycles. The smallest absolute Gasteiger partial charge is 0.329 e. The standard InChI is InChI=1S/C24H30N4O5/c1-17(2)32-14-6-13-25-23(30)24(31)28-26-15-19-7-4-5-8-21(19)33-16-22(29)27-20-11-9-18(3)10-12-20/h4-5,7-12,15,17H,6,13-14,16H2,1-3H3,(H,25,30)(H,27,29)(H,28,31)/b26-15-. The number of anilines is 1. The van der Waals surface area contributed by atoms with Gasteiger partial charge in [-0.3, -0.25) is 14.4 Å². The fraction of sp³-hybridized carbons (Fsp3) is 0.333. The Labute approximate surface area is 193 Å². The van der Waals surface area contributed by atoms with Crippen LogP contribution in [0.5, 0.6) is 5.75 Å². The summed E-state index contributed by atoms with van der Waals surface area (Å²) in [5.74, 6) is -1.57. The Morgan fingerprint density at radius 1 is 1.03 bits per heavy atom. The number of para-hydroxylation sites is 1. The molecule has 0 fully saturated rings. The number of hydrogen-bond acceptors (Lipinski definition) is 6. The van der Waals surface area contributed by atoms with Crippen LogP contribution in [0.2, 0.25) is 0 Å². The largest absolute Gasteiger partial charge is 0.483 e. The maximum Gasteiger partial charge on any atom is 0.329 e. The van der Waals surface area contributed by atoms with E-state index in [2.05, 4.69) is 21.2 Å². The average Bonchev–Trinajstić information content (AvgIpc) is 2.79. The summed E-state index contributed by atoms with van der Waals surface area (Å²) >= 11 is 0. The fourth-order valence-corrected chi connectivity index (χ4v) is 2.58. The minimum Gasteiger partial charge on any atom is -0.483 e. The maximum absolute atomic E-state index is 12.1. The Morgan fingerprint density at radius 2 is 1.76 bits per heavy atom. The summed E-state index contributed by atoms with van der Waals surface area (Å²) in [6.45, 7) is 6.43. The van der Waals surface area contributed by atoms with E-state index >= 15 is 0 Å². The van der Waals surface area contributed by atoms with Crippen molar-refractivity contribution in [3.63, 3.8) is 0 Å². The van der Waals surface area contributed by atoms with Gasteiger partial charge in [-0.2, -0.15) is 5.10 Å². The predicted octanol–water partition coefficient (Wildman–Crippen LogP) is 2.39. The van der Waals surface area contributed by atoms with Crippen molar-refractivity contribution in [3.8, 4) is 5.75 Å². The van der Waals surface area contributed by atoms with E-state index in [0.29, 0.717) is 36.6 Å². The molecule has 3 amide bonds. The van der Waals surface area contributed by atoms with Gasteiger partial charge in [-0.15, -0.1) is 0 Å². The first kappa shape index (κ1) is 25.5. The van der Waals surface area contributed by atoms with Gasteiger partial charge in [-0.25, -0.2) is 5.43 Å².